The smallest absolute Gasteiger partial charge is 0.412 e. The summed E-state index contributed by atoms with van der Waals surface area (Å²) in [7, 11) is 0. The fourth-order valence-electron chi connectivity index (χ4n) is 1.93. The number of hydrogen-bond donors (Lipinski definition) is 1. The summed E-state index contributed by atoms with van der Waals surface area (Å²) in [5.41, 5.74) is -0.00553. The number of rotatable bonds is 2. The van der Waals surface area contributed by atoms with E-state index >= 15 is 0 Å². The summed E-state index contributed by atoms with van der Waals surface area (Å²) in [6.07, 6.45) is 2.42. The first-order chi connectivity index (χ1) is 9.35. The van der Waals surface area contributed by atoms with Gasteiger partial charge in [0.25, 0.3) is 0 Å². The Labute approximate surface area is 118 Å². The summed E-state index contributed by atoms with van der Waals surface area (Å²) in [4.78, 5) is 29.0. The largest absolute Gasteiger partial charge is 0.444 e. The van der Waals surface area contributed by atoms with Crippen LogP contribution in [0.3, 0.4) is 0 Å². The van der Waals surface area contributed by atoms with Gasteiger partial charge in [-0.15, -0.1) is 0 Å². The molecule has 1 fully saturated rings. The number of hydrogen-bond acceptors (Lipinski definition) is 4. The zero-order chi connectivity index (χ0) is 14.8. The molecule has 0 spiro atoms. The van der Waals surface area contributed by atoms with Crippen LogP contribution in [0.5, 0.6) is 0 Å². The summed E-state index contributed by atoms with van der Waals surface area (Å²) in [6.45, 7) is 6.09. The second kappa shape index (κ2) is 5.48. The van der Waals surface area contributed by atoms with E-state index in [9.17, 15) is 9.59 Å². The van der Waals surface area contributed by atoms with Gasteiger partial charge in [-0.3, -0.25) is 15.0 Å². The summed E-state index contributed by atoms with van der Waals surface area (Å²) in [5, 5.41) is 2.60. The molecule has 0 aromatic carbocycles. The summed E-state index contributed by atoms with van der Waals surface area (Å²) < 4.78 is 5.15. The van der Waals surface area contributed by atoms with Gasteiger partial charge in [0.05, 0.1) is 11.9 Å². The van der Waals surface area contributed by atoms with E-state index in [0.29, 0.717) is 24.5 Å². The van der Waals surface area contributed by atoms with Crippen LogP contribution in [-0.2, 0) is 9.53 Å². The van der Waals surface area contributed by atoms with Gasteiger partial charge in [-0.25, -0.2) is 9.78 Å². The number of carbonyl (C=O) groups is 2. The molecule has 0 saturated carbocycles. The van der Waals surface area contributed by atoms with Crippen LogP contribution in [0.15, 0.2) is 18.3 Å². The average molecular weight is 277 g/mol. The van der Waals surface area contributed by atoms with Crippen LogP contribution in [0, 0.1) is 0 Å². The van der Waals surface area contributed by atoms with E-state index < -0.39 is 11.7 Å². The van der Waals surface area contributed by atoms with Crippen molar-refractivity contribution in [3.8, 4) is 0 Å². The normalized spacial score (nSPS) is 15.3. The molecule has 0 unspecified atom stereocenters. The number of carbonyl (C=O) groups excluding carboxylic acids is 2. The number of nitrogens with one attached hydrogen (secondary N) is 1. The van der Waals surface area contributed by atoms with Crippen LogP contribution >= 0.6 is 0 Å². The lowest BCUT2D eigenvalue weighted by Gasteiger charge is -2.20. The van der Waals surface area contributed by atoms with Crippen LogP contribution in [0.4, 0.5) is 16.3 Å². The molecule has 1 aromatic heterocycles. The van der Waals surface area contributed by atoms with Gasteiger partial charge in [0.2, 0.25) is 5.91 Å². The van der Waals surface area contributed by atoms with E-state index in [1.54, 1.807) is 37.8 Å². The molecule has 1 aromatic rings. The Kier molecular flexibility index (Phi) is 3.92. The first-order valence-corrected chi connectivity index (χ1v) is 6.61. The number of aromatic nitrogens is 1. The third-order valence-electron chi connectivity index (χ3n) is 2.74. The highest BCUT2D eigenvalue weighted by Gasteiger charge is 2.22. The minimum Gasteiger partial charge on any atom is -0.444 e. The molecule has 1 N–H and O–H groups in total. The molecule has 20 heavy (non-hydrogen) atoms. The van der Waals surface area contributed by atoms with E-state index in [2.05, 4.69) is 10.3 Å². The molecule has 108 valence electrons. The predicted molar refractivity (Wildman–Crippen MR) is 75.7 cm³/mol. The monoisotopic (exact) mass is 277 g/mol. The standard InChI is InChI=1S/C14H19N3O3/c1-14(2,3)20-13(19)16-10-6-7-11(15-9-10)17-8-4-5-12(17)18/h6-7,9H,4-5,8H2,1-3H3,(H,16,19). The lowest BCUT2D eigenvalue weighted by atomic mass is 10.2. The van der Waals surface area contributed by atoms with E-state index in [0.717, 1.165) is 6.42 Å². The summed E-state index contributed by atoms with van der Waals surface area (Å²) in [5.74, 6) is 0.701. The van der Waals surface area contributed by atoms with Gasteiger partial charge in [0, 0.05) is 13.0 Å². The maximum absolute atomic E-state index is 11.6. The topological polar surface area (TPSA) is 71.5 Å². The van der Waals surface area contributed by atoms with Crippen molar-refractivity contribution in [2.75, 3.05) is 16.8 Å². The maximum atomic E-state index is 11.6. The zero-order valence-electron chi connectivity index (χ0n) is 12.0. The Morgan fingerprint density at radius 3 is 2.65 bits per heavy atom. The van der Waals surface area contributed by atoms with Crippen molar-refractivity contribution in [2.24, 2.45) is 0 Å². The van der Waals surface area contributed by atoms with Crippen molar-refractivity contribution >= 4 is 23.5 Å². The van der Waals surface area contributed by atoms with Gasteiger partial charge in [-0.2, -0.15) is 0 Å². The highest BCUT2D eigenvalue weighted by molar-refractivity contribution is 5.94. The molecule has 0 aliphatic carbocycles. The molecule has 0 radical (unpaired) electrons. The molecule has 1 aliphatic rings. The van der Waals surface area contributed by atoms with Crippen LogP contribution < -0.4 is 10.2 Å². The molecular weight excluding hydrogens is 258 g/mol. The second-order valence-electron chi connectivity index (χ2n) is 5.68. The van der Waals surface area contributed by atoms with E-state index in [-0.39, 0.29) is 5.91 Å². The van der Waals surface area contributed by atoms with E-state index in [1.165, 1.54) is 6.20 Å². The third kappa shape index (κ3) is 3.69. The molecule has 6 heteroatoms. The zero-order valence-corrected chi connectivity index (χ0v) is 12.0. The number of nitrogens with zero attached hydrogens (tertiary/aromatic N) is 2. The van der Waals surface area contributed by atoms with Crippen LogP contribution in [0.25, 0.3) is 0 Å². The van der Waals surface area contributed by atoms with Gasteiger partial charge in [0.1, 0.15) is 11.4 Å². The van der Waals surface area contributed by atoms with Crippen molar-refractivity contribution < 1.29 is 14.3 Å². The van der Waals surface area contributed by atoms with Crippen LogP contribution in [-0.4, -0.2) is 29.1 Å². The first-order valence-electron chi connectivity index (χ1n) is 6.61. The van der Waals surface area contributed by atoms with Crippen molar-refractivity contribution in [2.45, 2.75) is 39.2 Å². The Bertz CT molecular complexity index is 505. The SMILES string of the molecule is CC(C)(C)OC(=O)Nc1ccc(N2CCCC2=O)nc1. The average Bonchev–Trinajstić information content (AvgIpc) is 2.74. The highest BCUT2D eigenvalue weighted by atomic mass is 16.6. The van der Waals surface area contributed by atoms with Crippen molar-refractivity contribution in [3.63, 3.8) is 0 Å². The first kappa shape index (κ1) is 14.3. The predicted octanol–water partition coefficient (Wildman–Crippen LogP) is 2.56. The van der Waals surface area contributed by atoms with Gasteiger partial charge in [0.15, 0.2) is 0 Å². The molecule has 1 aliphatic heterocycles. The highest BCUT2D eigenvalue weighted by Crippen LogP contribution is 2.20. The van der Waals surface area contributed by atoms with Gasteiger partial charge in [-0.05, 0) is 39.3 Å². The number of amides is 2. The molecular formula is C14H19N3O3. The lowest BCUT2D eigenvalue weighted by Crippen LogP contribution is -2.27. The van der Waals surface area contributed by atoms with Gasteiger partial charge < -0.3 is 4.74 Å². The quantitative estimate of drug-likeness (QED) is 0.901. The van der Waals surface area contributed by atoms with Gasteiger partial charge >= 0.3 is 6.09 Å². The van der Waals surface area contributed by atoms with Crippen molar-refractivity contribution in [1.29, 1.82) is 0 Å². The van der Waals surface area contributed by atoms with Crippen molar-refractivity contribution in [1.82, 2.24) is 4.98 Å². The summed E-state index contributed by atoms with van der Waals surface area (Å²) >= 11 is 0. The van der Waals surface area contributed by atoms with E-state index in [1.807, 2.05) is 0 Å². The molecule has 2 rings (SSSR count). The Balaban J connectivity index is 1.98. The number of ether oxygens (including phenoxy) is 1. The Morgan fingerprint density at radius 2 is 2.15 bits per heavy atom. The molecule has 6 nitrogen and oxygen atoms in total. The van der Waals surface area contributed by atoms with Crippen molar-refractivity contribution in [3.05, 3.63) is 18.3 Å². The van der Waals surface area contributed by atoms with Crippen LogP contribution in [0.2, 0.25) is 0 Å². The fourth-order valence-corrected chi connectivity index (χ4v) is 1.93. The second-order valence-corrected chi connectivity index (χ2v) is 5.68. The molecule has 0 atom stereocenters. The summed E-state index contributed by atoms with van der Waals surface area (Å²) in [6, 6.07) is 3.42. The van der Waals surface area contributed by atoms with Crippen LogP contribution in [0.1, 0.15) is 33.6 Å². The Hall–Kier alpha value is -2.11. The number of anilines is 2. The minimum absolute atomic E-state index is 0.0883. The molecule has 0 bridgehead atoms. The van der Waals surface area contributed by atoms with E-state index in [4.69, 9.17) is 4.74 Å². The maximum Gasteiger partial charge on any atom is 0.412 e. The minimum atomic E-state index is -0.542. The number of pyridine rings is 1. The molecule has 1 saturated heterocycles. The Morgan fingerprint density at radius 1 is 1.40 bits per heavy atom. The third-order valence-corrected chi connectivity index (χ3v) is 2.74. The fraction of sp³-hybridized carbons (Fsp3) is 0.500. The molecule has 2 amide bonds. The molecule has 2 heterocycles. The lowest BCUT2D eigenvalue weighted by molar-refractivity contribution is -0.117. The van der Waals surface area contributed by atoms with Gasteiger partial charge in [-0.1, -0.05) is 0 Å².